The van der Waals surface area contributed by atoms with Crippen molar-refractivity contribution in [2.75, 3.05) is 11.4 Å². The molecule has 0 spiro atoms. The van der Waals surface area contributed by atoms with Crippen molar-refractivity contribution in [1.29, 1.82) is 0 Å². The highest BCUT2D eigenvalue weighted by Gasteiger charge is 2.23. The average molecular weight is 217 g/mol. The van der Waals surface area contributed by atoms with Crippen molar-refractivity contribution in [3.63, 3.8) is 0 Å². The minimum Gasteiger partial charge on any atom is -0.508 e. The SMILES string of the molecule is C=C(C)CN1C(=O)CCc2cc(O)ccc21. The van der Waals surface area contributed by atoms with Gasteiger partial charge in [0.15, 0.2) is 0 Å². The summed E-state index contributed by atoms with van der Waals surface area (Å²) in [5, 5.41) is 9.40. The molecule has 2 rings (SSSR count). The maximum atomic E-state index is 11.8. The minimum atomic E-state index is 0.126. The lowest BCUT2D eigenvalue weighted by atomic mass is 10.0. The Morgan fingerprint density at radius 1 is 1.50 bits per heavy atom. The maximum Gasteiger partial charge on any atom is 0.227 e. The molecule has 1 aromatic carbocycles. The first-order chi connectivity index (χ1) is 7.58. The van der Waals surface area contributed by atoms with Gasteiger partial charge in [0.25, 0.3) is 0 Å². The molecule has 3 heteroatoms. The second kappa shape index (κ2) is 4.00. The minimum absolute atomic E-state index is 0.126. The van der Waals surface area contributed by atoms with Crippen LogP contribution in [0, 0.1) is 0 Å². The van der Waals surface area contributed by atoms with E-state index in [-0.39, 0.29) is 11.7 Å². The number of phenolic OH excluding ortho intramolecular Hbond substituents is 1. The first-order valence-electron chi connectivity index (χ1n) is 5.34. The predicted octanol–water partition coefficient (Wildman–Crippen LogP) is 2.25. The zero-order chi connectivity index (χ0) is 11.7. The van der Waals surface area contributed by atoms with Crippen LogP contribution in [0.3, 0.4) is 0 Å². The van der Waals surface area contributed by atoms with E-state index in [0.717, 1.165) is 16.8 Å². The third-order valence-electron chi connectivity index (χ3n) is 2.69. The van der Waals surface area contributed by atoms with Crippen LogP contribution in [0.4, 0.5) is 5.69 Å². The molecular formula is C13H15NO2. The molecular weight excluding hydrogens is 202 g/mol. The molecule has 16 heavy (non-hydrogen) atoms. The highest BCUT2D eigenvalue weighted by atomic mass is 16.3. The molecule has 3 nitrogen and oxygen atoms in total. The van der Waals surface area contributed by atoms with Crippen LogP contribution < -0.4 is 4.90 Å². The Morgan fingerprint density at radius 3 is 2.94 bits per heavy atom. The van der Waals surface area contributed by atoms with Crippen molar-refractivity contribution in [2.45, 2.75) is 19.8 Å². The molecule has 1 aliphatic heterocycles. The summed E-state index contributed by atoms with van der Waals surface area (Å²) in [6, 6.07) is 5.14. The summed E-state index contributed by atoms with van der Waals surface area (Å²) in [5.41, 5.74) is 2.88. The Labute approximate surface area is 95.0 Å². The number of carbonyl (C=O) groups excluding carboxylic acids is 1. The quantitative estimate of drug-likeness (QED) is 0.772. The number of rotatable bonds is 2. The lowest BCUT2D eigenvalue weighted by Crippen LogP contribution is -2.36. The van der Waals surface area contributed by atoms with Gasteiger partial charge in [0.2, 0.25) is 5.91 Å². The third kappa shape index (κ3) is 1.94. The molecule has 1 N–H and O–H groups in total. The van der Waals surface area contributed by atoms with Gasteiger partial charge in [-0.2, -0.15) is 0 Å². The number of carbonyl (C=O) groups is 1. The number of nitrogens with zero attached hydrogens (tertiary/aromatic N) is 1. The second-order valence-corrected chi connectivity index (χ2v) is 4.25. The molecule has 0 aliphatic carbocycles. The van der Waals surface area contributed by atoms with Gasteiger partial charge in [-0.05, 0) is 37.1 Å². The number of hydrogen-bond donors (Lipinski definition) is 1. The molecule has 0 atom stereocenters. The van der Waals surface area contributed by atoms with Crippen LogP contribution in [0.5, 0.6) is 5.75 Å². The molecule has 0 saturated heterocycles. The van der Waals surface area contributed by atoms with Crippen molar-refractivity contribution in [3.05, 3.63) is 35.9 Å². The molecule has 0 aromatic heterocycles. The number of aromatic hydroxyl groups is 1. The van der Waals surface area contributed by atoms with E-state index in [1.165, 1.54) is 0 Å². The zero-order valence-electron chi connectivity index (χ0n) is 9.36. The van der Waals surface area contributed by atoms with Crippen LogP contribution in [-0.2, 0) is 11.2 Å². The highest BCUT2D eigenvalue weighted by Crippen LogP contribution is 2.30. The van der Waals surface area contributed by atoms with E-state index >= 15 is 0 Å². The number of aryl methyl sites for hydroxylation is 1. The Morgan fingerprint density at radius 2 is 2.25 bits per heavy atom. The lowest BCUT2D eigenvalue weighted by molar-refractivity contribution is -0.118. The van der Waals surface area contributed by atoms with Crippen molar-refractivity contribution >= 4 is 11.6 Å². The van der Waals surface area contributed by atoms with Crippen LogP contribution in [0.1, 0.15) is 18.9 Å². The van der Waals surface area contributed by atoms with Crippen LogP contribution in [-0.4, -0.2) is 17.6 Å². The van der Waals surface area contributed by atoms with E-state index in [9.17, 15) is 9.90 Å². The summed E-state index contributed by atoms with van der Waals surface area (Å²) in [5.74, 6) is 0.379. The van der Waals surface area contributed by atoms with Gasteiger partial charge < -0.3 is 10.0 Å². The van der Waals surface area contributed by atoms with E-state index in [1.807, 2.05) is 6.92 Å². The molecule has 1 heterocycles. The van der Waals surface area contributed by atoms with Crippen molar-refractivity contribution < 1.29 is 9.90 Å². The largest absolute Gasteiger partial charge is 0.508 e. The lowest BCUT2D eigenvalue weighted by Gasteiger charge is -2.29. The molecule has 1 aliphatic rings. The Kier molecular flexibility index (Phi) is 2.69. The first kappa shape index (κ1) is 10.7. The number of benzene rings is 1. The number of phenols is 1. The van der Waals surface area contributed by atoms with Crippen molar-refractivity contribution in [3.8, 4) is 5.75 Å². The van der Waals surface area contributed by atoms with Crippen molar-refractivity contribution in [1.82, 2.24) is 0 Å². The van der Waals surface area contributed by atoms with Gasteiger partial charge in [0.05, 0.1) is 0 Å². The topological polar surface area (TPSA) is 40.5 Å². The summed E-state index contributed by atoms with van der Waals surface area (Å²) in [4.78, 5) is 13.5. The van der Waals surface area contributed by atoms with Gasteiger partial charge in [0.1, 0.15) is 5.75 Å². The van der Waals surface area contributed by atoms with Crippen LogP contribution in [0.25, 0.3) is 0 Å². The summed E-state index contributed by atoms with van der Waals surface area (Å²) in [7, 11) is 0. The normalized spacial score (nSPS) is 14.8. The molecule has 0 fully saturated rings. The molecule has 1 amide bonds. The van der Waals surface area contributed by atoms with Crippen LogP contribution >= 0.6 is 0 Å². The molecule has 0 unspecified atom stereocenters. The Balaban J connectivity index is 2.40. The molecule has 0 radical (unpaired) electrons. The summed E-state index contributed by atoms with van der Waals surface area (Å²) < 4.78 is 0. The number of fused-ring (bicyclic) bond motifs is 1. The van der Waals surface area contributed by atoms with Gasteiger partial charge in [0, 0.05) is 18.7 Å². The highest BCUT2D eigenvalue weighted by molar-refractivity contribution is 5.96. The van der Waals surface area contributed by atoms with E-state index in [1.54, 1.807) is 23.1 Å². The van der Waals surface area contributed by atoms with Crippen LogP contribution in [0.15, 0.2) is 30.4 Å². The fourth-order valence-corrected chi connectivity index (χ4v) is 1.99. The Bertz CT molecular complexity index is 451. The van der Waals surface area contributed by atoms with Gasteiger partial charge in [-0.15, -0.1) is 0 Å². The van der Waals surface area contributed by atoms with Gasteiger partial charge in [-0.3, -0.25) is 4.79 Å². The number of anilines is 1. The fourth-order valence-electron chi connectivity index (χ4n) is 1.99. The summed E-state index contributed by atoms with van der Waals surface area (Å²) in [6.07, 6.45) is 1.21. The summed E-state index contributed by atoms with van der Waals surface area (Å²) >= 11 is 0. The van der Waals surface area contributed by atoms with Gasteiger partial charge in [-0.1, -0.05) is 12.2 Å². The number of amides is 1. The van der Waals surface area contributed by atoms with Crippen LogP contribution in [0.2, 0.25) is 0 Å². The predicted molar refractivity (Wildman–Crippen MR) is 63.6 cm³/mol. The van der Waals surface area contributed by atoms with E-state index < -0.39 is 0 Å². The monoisotopic (exact) mass is 217 g/mol. The summed E-state index contributed by atoms with van der Waals surface area (Å²) in [6.45, 7) is 6.29. The van der Waals surface area contributed by atoms with Crippen molar-refractivity contribution in [2.24, 2.45) is 0 Å². The standard InChI is InChI=1S/C13H15NO2/c1-9(2)8-14-12-5-4-11(15)7-10(12)3-6-13(14)16/h4-5,7,15H,1,3,6,8H2,2H3. The maximum absolute atomic E-state index is 11.8. The smallest absolute Gasteiger partial charge is 0.227 e. The molecule has 1 aromatic rings. The molecule has 0 bridgehead atoms. The Hall–Kier alpha value is -1.77. The van der Waals surface area contributed by atoms with E-state index in [0.29, 0.717) is 19.4 Å². The second-order valence-electron chi connectivity index (χ2n) is 4.25. The fraction of sp³-hybridized carbons (Fsp3) is 0.308. The van der Waals surface area contributed by atoms with E-state index in [4.69, 9.17) is 0 Å². The van der Waals surface area contributed by atoms with E-state index in [2.05, 4.69) is 6.58 Å². The first-order valence-corrected chi connectivity index (χ1v) is 5.34. The van der Waals surface area contributed by atoms with Gasteiger partial charge >= 0.3 is 0 Å². The average Bonchev–Trinajstić information content (AvgIpc) is 2.22. The number of hydrogen-bond acceptors (Lipinski definition) is 2. The molecule has 84 valence electrons. The van der Waals surface area contributed by atoms with Gasteiger partial charge in [-0.25, -0.2) is 0 Å². The zero-order valence-corrected chi connectivity index (χ0v) is 9.36. The third-order valence-corrected chi connectivity index (χ3v) is 2.69. The molecule has 0 saturated carbocycles.